The van der Waals surface area contributed by atoms with Gasteiger partial charge in [0.15, 0.2) is 0 Å². The zero-order valence-electron chi connectivity index (χ0n) is 22.3. The van der Waals surface area contributed by atoms with Gasteiger partial charge < -0.3 is 0 Å². The molecule has 0 atom stereocenters. The molecule has 0 aromatic heterocycles. The van der Waals surface area contributed by atoms with Gasteiger partial charge in [0.1, 0.15) is 23.3 Å². The number of halogens is 7. The van der Waals surface area contributed by atoms with Crippen LogP contribution in [0.2, 0.25) is 0 Å². The summed E-state index contributed by atoms with van der Waals surface area (Å²) < 4.78 is 97.5. The standard InChI is InChI=1S/C34H27F7/c1-2-3-20-4-6-21(7-5-20)8-9-22-10-12-27-24(16-22)19-30(36)31(33(27)38)23-11-13-26-25(17-23)18-29(35)28(32(26)37)14-15-34(39,40)41/h2-3,10-13,16-21H,4-9H2,1H3/b3-2+. The third-order valence-corrected chi connectivity index (χ3v) is 7.94. The van der Waals surface area contributed by atoms with Crippen LogP contribution in [0.15, 0.2) is 60.7 Å². The minimum absolute atomic E-state index is 0.0416. The number of benzene rings is 4. The maximum absolute atomic E-state index is 15.6. The van der Waals surface area contributed by atoms with Crippen molar-refractivity contribution in [2.75, 3.05) is 0 Å². The molecule has 1 aliphatic rings. The molecule has 0 radical (unpaired) electrons. The summed E-state index contributed by atoms with van der Waals surface area (Å²) in [5.41, 5.74) is -0.338. The van der Waals surface area contributed by atoms with Crippen LogP contribution in [-0.4, -0.2) is 6.18 Å². The first kappa shape index (κ1) is 28.7. The fraction of sp³-hybridized carbons (Fsp3) is 0.294. The van der Waals surface area contributed by atoms with E-state index in [4.69, 9.17) is 0 Å². The van der Waals surface area contributed by atoms with Crippen LogP contribution < -0.4 is 0 Å². The second-order valence-electron chi connectivity index (χ2n) is 10.7. The molecule has 4 aromatic carbocycles. The van der Waals surface area contributed by atoms with Gasteiger partial charge in [-0.2, -0.15) is 13.2 Å². The van der Waals surface area contributed by atoms with Crippen molar-refractivity contribution in [1.29, 1.82) is 0 Å². The highest BCUT2D eigenvalue weighted by atomic mass is 19.4. The molecule has 0 bridgehead atoms. The highest BCUT2D eigenvalue weighted by Gasteiger charge is 2.24. The molecule has 1 fully saturated rings. The fourth-order valence-electron chi connectivity index (χ4n) is 5.85. The first-order valence-electron chi connectivity index (χ1n) is 13.6. The molecule has 212 valence electrons. The van der Waals surface area contributed by atoms with E-state index >= 15 is 8.78 Å². The van der Waals surface area contributed by atoms with Crippen LogP contribution in [0.5, 0.6) is 0 Å². The highest BCUT2D eigenvalue weighted by molar-refractivity contribution is 5.93. The van der Waals surface area contributed by atoms with Crippen molar-refractivity contribution in [2.24, 2.45) is 11.8 Å². The van der Waals surface area contributed by atoms with Gasteiger partial charge in [-0.3, -0.25) is 0 Å². The van der Waals surface area contributed by atoms with Crippen LogP contribution >= 0.6 is 0 Å². The van der Waals surface area contributed by atoms with Crippen molar-refractivity contribution in [3.63, 3.8) is 0 Å². The molecule has 0 N–H and O–H groups in total. The fourth-order valence-corrected chi connectivity index (χ4v) is 5.85. The van der Waals surface area contributed by atoms with E-state index in [2.05, 4.69) is 12.2 Å². The van der Waals surface area contributed by atoms with Crippen LogP contribution in [0.4, 0.5) is 30.7 Å². The zero-order chi connectivity index (χ0) is 29.3. The van der Waals surface area contributed by atoms with E-state index in [1.165, 1.54) is 49.8 Å². The molecule has 0 heterocycles. The van der Waals surface area contributed by atoms with Crippen LogP contribution in [0.3, 0.4) is 0 Å². The Balaban J connectivity index is 1.41. The van der Waals surface area contributed by atoms with Gasteiger partial charge in [0.2, 0.25) is 0 Å². The Morgan fingerprint density at radius 2 is 1.46 bits per heavy atom. The van der Waals surface area contributed by atoms with Crippen LogP contribution in [0, 0.1) is 46.9 Å². The molecular weight excluding hydrogens is 541 g/mol. The molecule has 41 heavy (non-hydrogen) atoms. The quantitative estimate of drug-likeness (QED) is 0.128. The molecule has 0 nitrogen and oxygen atoms in total. The molecule has 0 aliphatic heterocycles. The SMILES string of the molecule is C/C=C/C1CCC(CCc2ccc3c(F)c(-c4ccc5c(F)c(C#CC(F)(F)F)c(F)cc5c4)c(F)cc3c2)CC1. The minimum atomic E-state index is -4.92. The second-order valence-corrected chi connectivity index (χ2v) is 10.7. The summed E-state index contributed by atoms with van der Waals surface area (Å²) >= 11 is 0. The van der Waals surface area contributed by atoms with Gasteiger partial charge in [-0.05, 0) is 97.4 Å². The Morgan fingerprint density at radius 1 is 0.805 bits per heavy atom. The van der Waals surface area contributed by atoms with Crippen molar-refractivity contribution in [3.8, 4) is 23.0 Å². The first-order valence-corrected chi connectivity index (χ1v) is 13.6. The molecule has 4 aromatic rings. The second kappa shape index (κ2) is 11.6. The average molecular weight is 569 g/mol. The number of hydrogen-bond donors (Lipinski definition) is 0. The summed E-state index contributed by atoms with van der Waals surface area (Å²) in [6.45, 7) is 2.05. The number of allylic oxidation sites excluding steroid dienone is 2. The average Bonchev–Trinajstić information content (AvgIpc) is 2.92. The van der Waals surface area contributed by atoms with Crippen molar-refractivity contribution >= 4 is 21.5 Å². The number of hydrogen-bond acceptors (Lipinski definition) is 0. The Kier molecular flexibility index (Phi) is 8.13. The minimum Gasteiger partial charge on any atom is -0.206 e. The maximum Gasteiger partial charge on any atom is 0.458 e. The lowest BCUT2D eigenvalue weighted by Gasteiger charge is -2.26. The van der Waals surface area contributed by atoms with Crippen LogP contribution in [0.25, 0.3) is 32.7 Å². The van der Waals surface area contributed by atoms with E-state index in [9.17, 15) is 22.0 Å². The smallest absolute Gasteiger partial charge is 0.206 e. The van der Waals surface area contributed by atoms with Crippen LogP contribution in [-0.2, 0) is 6.42 Å². The van der Waals surface area contributed by atoms with Gasteiger partial charge in [0.05, 0.1) is 11.1 Å². The van der Waals surface area contributed by atoms with Gasteiger partial charge in [0, 0.05) is 16.7 Å². The van der Waals surface area contributed by atoms with Crippen molar-refractivity contribution in [1.82, 2.24) is 0 Å². The Morgan fingerprint density at radius 3 is 2.17 bits per heavy atom. The van der Waals surface area contributed by atoms with Crippen molar-refractivity contribution < 1.29 is 30.7 Å². The molecule has 1 aliphatic carbocycles. The molecule has 0 spiro atoms. The van der Waals surface area contributed by atoms with Gasteiger partial charge in [-0.15, -0.1) is 0 Å². The summed E-state index contributed by atoms with van der Waals surface area (Å²) in [6, 6.07) is 10.9. The van der Waals surface area contributed by atoms with Gasteiger partial charge in [-0.25, -0.2) is 17.6 Å². The molecule has 0 saturated heterocycles. The van der Waals surface area contributed by atoms with Gasteiger partial charge >= 0.3 is 6.18 Å². The summed E-state index contributed by atoms with van der Waals surface area (Å²) in [5.74, 6) is -0.573. The molecule has 5 rings (SSSR count). The van der Waals surface area contributed by atoms with E-state index in [0.717, 1.165) is 36.5 Å². The summed E-state index contributed by atoms with van der Waals surface area (Å²) in [4.78, 5) is 0. The normalized spacial score (nSPS) is 17.8. The first-order chi connectivity index (χ1) is 19.5. The lowest BCUT2D eigenvalue weighted by atomic mass is 9.79. The molecule has 7 heteroatoms. The topological polar surface area (TPSA) is 0 Å². The van der Waals surface area contributed by atoms with E-state index in [-0.39, 0.29) is 27.3 Å². The van der Waals surface area contributed by atoms with Gasteiger partial charge in [-0.1, -0.05) is 48.4 Å². The zero-order valence-corrected chi connectivity index (χ0v) is 22.3. The summed E-state index contributed by atoms with van der Waals surface area (Å²) in [5, 5.41) is 0.350. The molecule has 1 saturated carbocycles. The van der Waals surface area contributed by atoms with Crippen molar-refractivity contribution in [3.05, 3.63) is 95.1 Å². The lowest BCUT2D eigenvalue weighted by molar-refractivity contribution is -0.0696. The van der Waals surface area contributed by atoms with E-state index in [1.807, 2.05) is 13.0 Å². The van der Waals surface area contributed by atoms with E-state index in [0.29, 0.717) is 17.2 Å². The Hall–Kier alpha value is -3.79. The third kappa shape index (κ3) is 6.27. The molecule has 0 amide bonds. The molecule has 0 unspecified atom stereocenters. The van der Waals surface area contributed by atoms with Crippen molar-refractivity contribution in [2.45, 2.75) is 51.6 Å². The number of aryl methyl sites for hydroxylation is 1. The number of alkyl halides is 3. The van der Waals surface area contributed by atoms with E-state index in [1.54, 1.807) is 12.1 Å². The lowest BCUT2D eigenvalue weighted by Crippen LogP contribution is -2.13. The predicted octanol–water partition coefficient (Wildman–Crippen LogP) is 10.4. The monoisotopic (exact) mass is 568 g/mol. The van der Waals surface area contributed by atoms with Crippen LogP contribution in [0.1, 0.15) is 50.2 Å². The van der Waals surface area contributed by atoms with E-state index < -0.39 is 35.0 Å². The molecular formula is C34H27F7. The number of rotatable bonds is 5. The third-order valence-electron chi connectivity index (χ3n) is 7.94. The van der Waals surface area contributed by atoms with Gasteiger partial charge in [0.25, 0.3) is 0 Å². The summed E-state index contributed by atoms with van der Waals surface area (Å²) in [6.07, 6.45) is 6.03. The Bertz CT molecular complexity index is 1690. The largest absolute Gasteiger partial charge is 0.458 e. The number of fused-ring (bicyclic) bond motifs is 2. The summed E-state index contributed by atoms with van der Waals surface area (Å²) in [7, 11) is 0. The Labute approximate surface area is 233 Å². The maximum atomic E-state index is 15.6. The highest BCUT2D eigenvalue weighted by Crippen LogP contribution is 2.36. The predicted molar refractivity (Wildman–Crippen MR) is 148 cm³/mol.